The van der Waals surface area contributed by atoms with E-state index in [1.54, 1.807) is 6.07 Å². The number of halogens is 1. The second kappa shape index (κ2) is 7.84. The van der Waals surface area contributed by atoms with Crippen LogP contribution >= 0.6 is 11.6 Å². The SMILES string of the molecule is CCCOc1ccc(OCc2nnc(-c3ccccc3Cl)o2)cc1. The highest BCUT2D eigenvalue weighted by Crippen LogP contribution is 2.26. The van der Waals surface area contributed by atoms with Gasteiger partial charge in [-0.3, -0.25) is 0 Å². The molecule has 6 heteroatoms. The summed E-state index contributed by atoms with van der Waals surface area (Å²) in [4.78, 5) is 0. The highest BCUT2D eigenvalue weighted by Gasteiger charge is 2.11. The van der Waals surface area contributed by atoms with Gasteiger partial charge in [0.2, 0.25) is 5.89 Å². The van der Waals surface area contributed by atoms with Gasteiger partial charge in [0.25, 0.3) is 5.89 Å². The van der Waals surface area contributed by atoms with Crippen LogP contribution in [0.1, 0.15) is 19.2 Å². The van der Waals surface area contributed by atoms with Gasteiger partial charge in [0, 0.05) is 0 Å². The molecule has 124 valence electrons. The fourth-order valence-corrected chi connectivity index (χ4v) is 2.27. The number of hydrogen-bond donors (Lipinski definition) is 0. The number of aromatic nitrogens is 2. The van der Waals surface area contributed by atoms with E-state index in [-0.39, 0.29) is 6.61 Å². The van der Waals surface area contributed by atoms with Crippen LogP contribution in [0.25, 0.3) is 11.5 Å². The molecule has 0 saturated carbocycles. The van der Waals surface area contributed by atoms with Crippen molar-refractivity contribution in [3.05, 3.63) is 59.4 Å². The summed E-state index contributed by atoms with van der Waals surface area (Å²) < 4.78 is 16.8. The Morgan fingerprint density at radius 1 is 0.958 bits per heavy atom. The molecule has 0 saturated heterocycles. The molecule has 2 aromatic carbocycles. The minimum atomic E-state index is 0.187. The Balaban J connectivity index is 1.60. The van der Waals surface area contributed by atoms with Crippen molar-refractivity contribution in [3.8, 4) is 23.0 Å². The van der Waals surface area contributed by atoms with Crippen LogP contribution in [0, 0.1) is 0 Å². The van der Waals surface area contributed by atoms with E-state index < -0.39 is 0 Å². The third-order valence-electron chi connectivity index (χ3n) is 3.23. The van der Waals surface area contributed by atoms with Crippen molar-refractivity contribution in [2.45, 2.75) is 20.0 Å². The maximum absolute atomic E-state index is 6.12. The van der Waals surface area contributed by atoms with Gasteiger partial charge >= 0.3 is 0 Å². The van der Waals surface area contributed by atoms with Crippen LogP contribution in [-0.4, -0.2) is 16.8 Å². The normalized spacial score (nSPS) is 10.6. The quantitative estimate of drug-likeness (QED) is 0.618. The molecule has 0 fully saturated rings. The summed E-state index contributed by atoms with van der Waals surface area (Å²) >= 11 is 6.12. The summed E-state index contributed by atoms with van der Waals surface area (Å²) in [6.45, 7) is 2.96. The molecule has 5 nitrogen and oxygen atoms in total. The maximum Gasteiger partial charge on any atom is 0.254 e. The highest BCUT2D eigenvalue weighted by atomic mass is 35.5. The molecule has 0 atom stereocenters. The van der Waals surface area contributed by atoms with Crippen LogP contribution < -0.4 is 9.47 Å². The molecule has 0 spiro atoms. The van der Waals surface area contributed by atoms with Crippen molar-refractivity contribution >= 4 is 11.6 Å². The summed E-state index contributed by atoms with van der Waals surface area (Å²) in [6, 6.07) is 14.7. The van der Waals surface area contributed by atoms with Gasteiger partial charge in [0.1, 0.15) is 11.5 Å². The number of hydrogen-bond acceptors (Lipinski definition) is 5. The topological polar surface area (TPSA) is 57.4 Å². The Morgan fingerprint density at radius 3 is 2.38 bits per heavy atom. The van der Waals surface area contributed by atoms with Gasteiger partial charge in [0.15, 0.2) is 6.61 Å². The van der Waals surface area contributed by atoms with E-state index in [1.165, 1.54) is 0 Å². The molecule has 0 aliphatic carbocycles. The molecule has 0 N–H and O–H groups in total. The first-order chi connectivity index (χ1) is 11.8. The molecule has 3 aromatic rings. The van der Waals surface area contributed by atoms with Gasteiger partial charge in [-0.25, -0.2) is 0 Å². The lowest BCUT2D eigenvalue weighted by Crippen LogP contribution is -1.97. The smallest absolute Gasteiger partial charge is 0.254 e. The lowest BCUT2D eigenvalue weighted by Gasteiger charge is -2.06. The van der Waals surface area contributed by atoms with Gasteiger partial charge in [-0.2, -0.15) is 0 Å². The molecule has 24 heavy (non-hydrogen) atoms. The van der Waals surface area contributed by atoms with E-state index in [4.69, 9.17) is 25.5 Å². The second-order valence-electron chi connectivity index (χ2n) is 5.09. The van der Waals surface area contributed by atoms with Crippen LogP contribution in [0.3, 0.4) is 0 Å². The van der Waals surface area contributed by atoms with Gasteiger partial charge in [-0.15, -0.1) is 10.2 Å². The fraction of sp³-hybridized carbons (Fsp3) is 0.222. The Morgan fingerprint density at radius 2 is 1.67 bits per heavy atom. The zero-order valence-electron chi connectivity index (χ0n) is 13.2. The Labute approximate surface area is 145 Å². The minimum Gasteiger partial charge on any atom is -0.494 e. The lowest BCUT2D eigenvalue weighted by atomic mass is 10.2. The highest BCUT2D eigenvalue weighted by molar-refractivity contribution is 6.33. The van der Waals surface area contributed by atoms with Crippen molar-refractivity contribution in [1.82, 2.24) is 10.2 Å². The van der Waals surface area contributed by atoms with Gasteiger partial charge < -0.3 is 13.9 Å². The zero-order valence-corrected chi connectivity index (χ0v) is 14.0. The van der Waals surface area contributed by atoms with E-state index in [2.05, 4.69) is 17.1 Å². The first-order valence-electron chi connectivity index (χ1n) is 7.69. The number of ether oxygens (including phenoxy) is 2. The maximum atomic E-state index is 6.12. The summed E-state index contributed by atoms with van der Waals surface area (Å²) in [5.74, 6) is 2.29. The van der Waals surface area contributed by atoms with Crippen LogP contribution in [0.15, 0.2) is 52.9 Å². The van der Waals surface area contributed by atoms with E-state index in [0.717, 1.165) is 12.2 Å². The van der Waals surface area contributed by atoms with E-state index in [9.17, 15) is 0 Å². The van der Waals surface area contributed by atoms with Crippen molar-refractivity contribution in [2.24, 2.45) is 0 Å². The Kier molecular flexibility index (Phi) is 5.33. The fourth-order valence-electron chi connectivity index (χ4n) is 2.05. The average Bonchev–Trinajstić information content (AvgIpc) is 3.08. The van der Waals surface area contributed by atoms with Crippen molar-refractivity contribution in [2.75, 3.05) is 6.61 Å². The van der Waals surface area contributed by atoms with Crippen molar-refractivity contribution in [1.29, 1.82) is 0 Å². The largest absolute Gasteiger partial charge is 0.494 e. The predicted molar refractivity (Wildman–Crippen MR) is 91.3 cm³/mol. The molecular weight excluding hydrogens is 328 g/mol. The molecule has 3 rings (SSSR count). The third kappa shape index (κ3) is 4.06. The third-order valence-corrected chi connectivity index (χ3v) is 3.56. The summed E-state index contributed by atoms with van der Waals surface area (Å²) in [5.41, 5.74) is 0.704. The molecule has 1 heterocycles. The number of rotatable bonds is 7. The first-order valence-corrected chi connectivity index (χ1v) is 8.07. The molecule has 0 bridgehead atoms. The molecule has 0 aliphatic rings. The predicted octanol–water partition coefficient (Wildman–Crippen LogP) is 4.76. The number of benzene rings is 2. The van der Waals surface area contributed by atoms with Gasteiger partial charge in [-0.05, 0) is 42.8 Å². The first kappa shape index (κ1) is 16.3. The van der Waals surface area contributed by atoms with Crippen LogP contribution in [-0.2, 0) is 6.61 Å². The molecule has 0 aliphatic heterocycles. The molecule has 0 radical (unpaired) electrons. The summed E-state index contributed by atoms with van der Waals surface area (Å²) in [7, 11) is 0. The Hall–Kier alpha value is -2.53. The van der Waals surface area contributed by atoms with Crippen molar-refractivity contribution in [3.63, 3.8) is 0 Å². The van der Waals surface area contributed by atoms with Crippen LogP contribution in [0.2, 0.25) is 5.02 Å². The average molecular weight is 345 g/mol. The van der Waals surface area contributed by atoms with Gasteiger partial charge in [0.05, 0.1) is 17.2 Å². The zero-order chi connectivity index (χ0) is 16.8. The number of nitrogens with zero attached hydrogens (tertiary/aromatic N) is 2. The Bertz CT molecular complexity index is 787. The molecule has 1 aromatic heterocycles. The van der Waals surface area contributed by atoms with E-state index >= 15 is 0 Å². The van der Waals surface area contributed by atoms with E-state index in [0.29, 0.717) is 34.7 Å². The molecule has 0 unspecified atom stereocenters. The van der Waals surface area contributed by atoms with Gasteiger partial charge in [-0.1, -0.05) is 30.7 Å². The standard InChI is InChI=1S/C18H17ClN2O3/c1-2-11-22-13-7-9-14(10-8-13)23-12-17-20-21-18(24-17)15-5-3-4-6-16(15)19/h3-10H,2,11-12H2,1H3. The summed E-state index contributed by atoms with van der Waals surface area (Å²) in [5, 5.41) is 8.55. The summed E-state index contributed by atoms with van der Waals surface area (Å²) in [6.07, 6.45) is 0.975. The van der Waals surface area contributed by atoms with Crippen LogP contribution in [0.5, 0.6) is 11.5 Å². The lowest BCUT2D eigenvalue weighted by molar-refractivity contribution is 0.263. The van der Waals surface area contributed by atoms with Crippen molar-refractivity contribution < 1.29 is 13.9 Å². The molecule has 0 amide bonds. The van der Waals surface area contributed by atoms with E-state index in [1.807, 2.05) is 42.5 Å². The molecular formula is C18H17ClN2O3. The minimum absolute atomic E-state index is 0.187. The van der Waals surface area contributed by atoms with Crippen LogP contribution in [0.4, 0.5) is 0 Å². The monoisotopic (exact) mass is 344 g/mol. The second-order valence-corrected chi connectivity index (χ2v) is 5.50.